The van der Waals surface area contributed by atoms with Gasteiger partial charge in [0.25, 0.3) is 0 Å². The van der Waals surface area contributed by atoms with Crippen molar-refractivity contribution in [1.29, 1.82) is 0 Å². The van der Waals surface area contributed by atoms with Gasteiger partial charge in [-0.1, -0.05) is 0 Å². The molecule has 1 saturated heterocycles. The Morgan fingerprint density at radius 2 is 0.960 bits per heavy atom. The van der Waals surface area contributed by atoms with Crippen molar-refractivity contribution < 1.29 is 14.2 Å². The summed E-state index contributed by atoms with van der Waals surface area (Å²) in [5.74, 6) is 2.62. The van der Waals surface area contributed by atoms with Crippen molar-refractivity contribution in [3.05, 3.63) is 48.5 Å². The van der Waals surface area contributed by atoms with Crippen LogP contribution in [0, 0.1) is 0 Å². The van der Waals surface area contributed by atoms with Crippen LogP contribution >= 0.6 is 0 Å². The van der Waals surface area contributed by atoms with Gasteiger partial charge < -0.3 is 24.0 Å². The molecule has 1 aliphatic rings. The molecule has 0 aliphatic carbocycles. The van der Waals surface area contributed by atoms with Crippen LogP contribution in [0.5, 0.6) is 17.2 Å². The first-order valence-electron chi connectivity index (χ1n) is 8.42. The van der Waals surface area contributed by atoms with Gasteiger partial charge in [0.1, 0.15) is 17.2 Å². The second-order valence-corrected chi connectivity index (χ2v) is 5.87. The molecule has 1 heterocycles. The van der Waals surface area contributed by atoms with Crippen LogP contribution in [0.1, 0.15) is 0 Å². The molecule has 0 amide bonds. The molecule has 1 aliphatic heterocycles. The van der Waals surface area contributed by atoms with Gasteiger partial charge in [0.2, 0.25) is 0 Å². The van der Waals surface area contributed by atoms with Gasteiger partial charge in [-0.25, -0.2) is 0 Å². The number of likely N-dealkylation sites (N-methyl/N-ethyl adjacent to an activating group) is 1. The molecule has 0 bridgehead atoms. The van der Waals surface area contributed by atoms with Crippen LogP contribution in [0.25, 0.3) is 0 Å². The lowest BCUT2D eigenvalue weighted by Gasteiger charge is -2.34. The Bertz CT molecular complexity index is 583. The van der Waals surface area contributed by atoms with Gasteiger partial charge in [-0.05, 0) is 55.6 Å². The minimum Gasteiger partial charge on any atom is -0.497 e. The Balaban J connectivity index is 0.000000196. The summed E-state index contributed by atoms with van der Waals surface area (Å²) < 4.78 is 15.1. The molecule has 0 radical (unpaired) electrons. The van der Waals surface area contributed by atoms with Crippen LogP contribution in [0.15, 0.2) is 48.5 Å². The maximum absolute atomic E-state index is 5.15. The molecule has 3 rings (SSSR count). The maximum Gasteiger partial charge on any atom is 0.119 e. The number of hydrogen-bond donors (Lipinski definition) is 0. The van der Waals surface area contributed by atoms with E-state index in [0.29, 0.717) is 0 Å². The van der Waals surface area contributed by atoms with E-state index in [2.05, 4.69) is 29.0 Å². The van der Waals surface area contributed by atoms with E-state index in [1.54, 1.807) is 21.3 Å². The van der Waals surface area contributed by atoms with E-state index >= 15 is 0 Å². The summed E-state index contributed by atoms with van der Waals surface area (Å²) in [5, 5.41) is 0. The van der Waals surface area contributed by atoms with Gasteiger partial charge in [-0.15, -0.1) is 0 Å². The van der Waals surface area contributed by atoms with Crippen LogP contribution in [-0.4, -0.2) is 59.5 Å². The minimum atomic E-state index is 0.848. The Morgan fingerprint density at radius 3 is 1.32 bits per heavy atom. The van der Waals surface area contributed by atoms with Crippen molar-refractivity contribution in [2.75, 3.05) is 59.5 Å². The first kappa shape index (κ1) is 18.9. The largest absolute Gasteiger partial charge is 0.497 e. The van der Waals surface area contributed by atoms with E-state index in [1.807, 2.05) is 36.4 Å². The normalized spacial score (nSPS) is 14.3. The molecule has 1 fully saturated rings. The zero-order valence-corrected chi connectivity index (χ0v) is 15.6. The lowest BCUT2D eigenvalue weighted by molar-refractivity contribution is 0.313. The van der Waals surface area contributed by atoms with Crippen LogP contribution in [0.2, 0.25) is 0 Å². The number of hydrogen-bond acceptors (Lipinski definition) is 5. The molecule has 2 aromatic carbocycles. The van der Waals surface area contributed by atoms with Gasteiger partial charge in [0, 0.05) is 31.9 Å². The van der Waals surface area contributed by atoms with Crippen molar-refractivity contribution in [3.63, 3.8) is 0 Å². The van der Waals surface area contributed by atoms with Gasteiger partial charge in [0.05, 0.1) is 21.3 Å². The van der Waals surface area contributed by atoms with Gasteiger partial charge >= 0.3 is 0 Å². The van der Waals surface area contributed by atoms with Crippen molar-refractivity contribution in [1.82, 2.24) is 4.90 Å². The molecule has 0 aromatic heterocycles. The SMILES string of the molecule is COc1ccc(N2CCN(C)CC2)cc1.COc1ccc(OC)cc1. The Morgan fingerprint density at radius 1 is 0.600 bits per heavy atom. The predicted molar refractivity (Wildman–Crippen MR) is 102 cm³/mol. The van der Waals surface area contributed by atoms with Crippen LogP contribution in [0.4, 0.5) is 5.69 Å². The number of anilines is 1. The summed E-state index contributed by atoms with van der Waals surface area (Å²) in [6, 6.07) is 15.7. The summed E-state index contributed by atoms with van der Waals surface area (Å²) in [5.41, 5.74) is 1.30. The third kappa shape index (κ3) is 5.87. The molecule has 0 unspecified atom stereocenters. The smallest absolute Gasteiger partial charge is 0.119 e. The number of nitrogens with zero attached hydrogens (tertiary/aromatic N) is 2. The lowest BCUT2D eigenvalue weighted by atomic mass is 10.2. The van der Waals surface area contributed by atoms with E-state index in [-0.39, 0.29) is 0 Å². The molecule has 5 nitrogen and oxygen atoms in total. The van der Waals surface area contributed by atoms with E-state index < -0.39 is 0 Å². The number of rotatable bonds is 4. The fraction of sp³-hybridized carbons (Fsp3) is 0.400. The maximum atomic E-state index is 5.15. The van der Waals surface area contributed by atoms with Crippen molar-refractivity contribution in [2.45, 2.75) is 0 Å². The monoisotopic (exact) mass is 344 g/mol. The third-order valence-corrected chi connectivity index (χ3v) is 4.24. The molecular formula is C20H28N2O3. The highest BCUT2D eigenvalue weighted by Gasteiger charge is 2.13. The topological polar surface area (TPSA) is 34.2 Å². The highest BCUT2D eigenvalue weighted by molar-refractivity contribution is 5.49. The molecule has 2 aromatic rings. The van der Waals surface area contributed by atoms with Crippen molar-refractivity contribution in [2.24, 2.45) is 0 Å². The van der Waals surface area contributed by atoms with E-state index in [9.17, 15) is 0 Å². The highest BCUT2D eigenvalue weighted by Crippen LogP contribution is 2.20. The average Bonchev–Trinajstić information content (AvgIpc) is 2.69. The second-order valence-electron chi connectivity index (χ2n) is 5.87. The van der Waals surface area contributed by atoms with E-state index in [4.69, 9.17) is 14.2 Å². The first-order valence-corrected chi connectivity index (χ1v) is 8.42. The summed E-state index contributed by atoms with van der Waals surface area (Å²) in [7, 11) is 7.15. The van der Waals surface area contributed by atoms with Gasteiger partial charge in [0.15, 0.2) is 0 Å². The lowest BCUT2D eigenvalue weighted by Crippen LogP contribution is -2.44. The molecule has 136 valence electrons. The summed E-state index contributed by atoms with van der Waals surface area (Å²) >= 11 is 0. The summed E-state index contributed by atoms with van der Waals surface area (Å²) in [6.45, 7) is 4.52. The Hall–Kier alpha value is -2.40. The molecule has 5 heteroatoms. The van der Waals surface area contributed by atoms with Crippen LogP contribution in [-0.2, 0) is 0 Å². The number of benzene rings is 2. The standard InChI is InChI=1S/C12H18N2O.C8H10O2/c1-13-7-9-14(10-8-13)11-3-5-12(15-2)6-4-11;1-9-7-3-5-8(10-2)6-4-7/h3-6H,7-10H2,1-2H3;3-6H,1-2H3. The number of methoxy groups -OCH3 is 3. The number of piperazine rings is 1. The molecule has 25 heavy (non-hydrogen) atoms. The molecule has 0 N–H and O–H groups in total. The van der Waals surface area contributed by atoms with Gasteiger partial charge in [-0.3, -0.25) is 0 Å². The Labute approximate surface area is 150 Å². The predicted octanol–water partition coefficient (Wildman–Crippen LogP) is 3.15. The van der Waals surface area contributed by atoms with Gasteiger partial charge in [-0.2, -0.15) is 0 Å². The van der Waals surface area contributed by atoms with Crippen LogP contribution < -0.4 is 19.1 Å². The second kappa shape index (κ2) is 9.79. The van der Waals surface area contributed by atoms with E-state index in [1.165, 1.54) is 5.69 Å². The molecule has 0 saturated carbocycles. The fourth-order valence-electron chi connectivity index (χ4n) is 2.57. The molecule has 0 spiro atoms. The third-order valence-electron chi connectivity index (χ3n) is 4.24. The minimum absolute atomic E-state index is 0.848. The van der Waals surface area contributed by atoms with E-state index in [0.717, 1.165) is 43.4 Å². The molecule has 0 atom stereocenters. The number of ether oxygens (including phenoxy) is 3. The summed E-state index contributed by atoms with van der Waals surface area (Å²) in [6.07, 6.45) is 0. The quantitative estimate of drug-likeness (QED) is 0.851. The zero-order chi connectivity index (χ0) is 18.1. The zero-order valence-electron chi connectivity index (χ0n) is 15.6. The summed E-state index contributed by atoms with van der Waals surface area (Å²) in [4.78, 5) is 4.78. The van der Waals surface area contributed by atoms with Crippen LogP contribution in [0.3, 0.4) is 0 Å². The average molecular weight is 344 g/mol. The van der Waals surface area contributed by atoms with Crippen molar-refractivity contribution >= 4 is 5.69 Å². The van der Waals surface area contributed by atoms with Crippen molar-refractivity contribution in [3.8, 4) is 17.2 Å². The fourth-order valence-corrected chi connectivity index (χ4v) is 2.57. The highest BCUT2D eigenvalue weighted by atomic mass is 16.5. The Kier molecular flexibility index (Phi) is 7.41. The molecular weight excluding hydrogens is 316 g/mol. The first-order chi connectivity index (χ1) is 12.2.